The van der Waals surface area contributed by atoms with Crippen LogP contribution in [0.3, 0.4) is 0 Å². The summed E-state index contributed by atoms with van der Waals surface area (Å²) in [5.74, 6) is -0.613. The van der Waals surface area contributed by atoms with Crippen molar-refractivity contribution in [3.05, 3.63) is 89.2 Å². The molecule has 4 rings (SSSR count). The van der Waals surface area contributed by atoms with Crippen molar-refractivity contribution < 1.29 is 17.6 Å². The zero-order valence-corrected chi connectivity index (χ0v) is 18.2. The summed E-state index contributed by atoms with van der Waals surface area (Å²) < 4.78 is 41.3. The Bertz CT molecular complexity index is 1240. The van der Waals surface area contributed by atoms with E-state index in [1.165, 1.54) is 35.6 Å². The summed E-state index contributed by atoms with van der Waals surface area (Å²) in [5, 5.41) is 0. The number of para-hydroxylation sites is 1. The number of sulfonamides is 1. The highest BCUT2D eigenvalue weighted by molar-refractivity contribution is 7.92. The minimum Gasteiger partial charge on any atom is -0.308 e. The number of anilines is 2. The van der Waals surface area contributed by atoms with Gasteiger partial charge < -0.3 is 4.90 Å². The molecule has 0 radical (unpaired) electrons. The van der Waals surface area contributed by atoms with Crippen LogP contribution in [0.15, 0.2) is 71.6 Å². The molecule has 31 heavy (non-hydrogen) atoms. The number of amides is 1. The van der Waals surface area contributed by atoms with E-state index in [0.717, 1.165) is 12.0 Å². The number of nitrogens with zero attached hydrogens (tertiary/aromatic N) is 2. The summed E-state index contributed by atoms with van der Waals surface area (Å²) in [6.45, 7) is 2.28. The first kappa shape index (κ1) is 21.1. The van der Waals surface area contributed by atoms with Gasteiger partial charge in [-0.3, -0.25) is 9.10 Å². The number of hydrogen-bond donors (Lipinski definition) is 0. The number of rotatable bonds is 4. The zero-order valence-electron chi connectivity index (χ0n) is 17.4. The van der Waals surface area contributed by atoms with E-state index < -0.39 is 10.0 Å². The lowest BCUT2D eigenvalue weighted by Crippen LogP contribution is -2.36. The molecule has 0 unspecified atom stereocenters. The number of benzene rings is 3. The van der Waals surface area contributed by atoms with Crippen LogP contribution >= 0.6 is 0 Å². The van der Waals surface area contributed by atoms with Crippen molar-refractivity contribution in [1.82, 2.24) is 0 Å². The Morgan fingerprint density at radius 3 is 2.52 bits per heavy atom. The monoisotopic (exact) mass is 438 g/mol. The molecule has 0 spiro atoms. The first-order valence-electron chi connectivity index (χ1n) is 10.0. The summed E-state index contributed by atoms with van der Waals surface area (Å²) >= 11 is 0. The van der Waals surface area contributed by atoms with Gasteiger partial charge in [0.05, 0.1) is 16.3 Å². The van der Waals surface area contributed by atoms with Crippen molar-refractivity contribution >= 4 is 27.3 Å². The molecule has 0 fully saturated rings. The van der Waals surface area contributed by atoms with Crippen molar-refractivity contribution in [2.75, 3.05) is 22.8 Å². The lowest BCUT2D eigenvalue weighted by molar-refractivity contribution is 0.0984. The highest BCUT2D eigenvalue weighted by Gasteiger charge is 2.28. The fraction of sp³-hybridized carbons (Fsp3) is 0.208. The smallest absolute Gasteiger partial charge is 0.264 e. The molecule has 160 valence electrons. The van der Waals surface area contributed by atoms with Gasteiger partial charge in [-0.15, -0.1) is 0 Å². The van der Waals surface area contributed by atoms with E-state index in [9.17, 15) is 17.6 Å². The van der Waals surface area contributed by atoms with Crippen LogP contribution < -0.4 is 9.21 Å². The Morgan fingerprint density at radius 1 is 1.03 bits per heavy atom. The van der Waals surface area contributed by atoms with Gasteiger partial charge in [-0.1, -0.05) is 24.3 Å². The van der Waals surface area contributed by atoms with Crippen molar-refractivity contribution in [2.24, 2.45) is 0 Å². The number of carbonyl (C=O) groups is 1. The maximum Gasteiger partial charge on any atom is 0.264 e. The minimum atomic E-state index is -3.84. The van der Waals surface area contributed by atoms with E-state index in [0.29, 0.717) is 29.9 Å². The summed E-state index contributed by atoms with van der Waals surface area (Å²) in [6, 6.07) is 17.7. The van der Waals surface area contributed by atoms with Crippen LogP contribution in [-0.4, -0.2) is 27.9 Å². The predicted octanol–water partition coefficient (Wildman–Crippen LogP) is 4.55. The first-order chi connectivity index (χ1) is 14.8. The van der Waals surface area contributed by atoms with Gasteiger partial charge in [-0.2, -0.15) is 0 Å². The Labute approximate surface area is 181 Å². The molecule has 0 N–H and O–H groups in total. The highest BCUT2D eigenvalue weighted by atomic mass is 32.2. The second-order valence-electron chi connectivity index (χ2n) is 7.63. The Morgan fingerprint density at radius 2 is 1.77 bits per heavy atom. The van der Waals surface area contributed by atoms with Crippen LogP contribution in [0, 0.1) is 12.7 Å². The van der Waals surface area contributed by atoms with E-state index in [1.807, 2.05) is 6.07 Å². The molecular formula is C24H23FN2O3S. The van der Waals surface area contributed by atoms with Crippen LogP contribution in [0.4, 0.5) is 15.8 Å². The maximum absolute atomic E-state index is 13.8. The lowest BCUT2D eigenvalue weighted by atomic mass is 9.97. The average Bonchev–Trinajstić information content (AvgIpc) is 2.78. The fourth-order valence-corrected chi connectivity index (χ4v) is 5.25. The summed E-state index contributed by atoms with van der Waals surface area (Å²) in [6.07, 6.45) is 1.42. The largest absolute Gasteiger partial charge is 0.308 e. The Balaban J connectivity index is 1.69. The summed E-state index contributed by atoms with van der Waals surface area (Å²) in [7, 11) is -2.36. The molecule has 0 atom stereocenters. The van der Waals surface area contributed by atoms with Crippen LogP contribution in [0.1, 0.15) is 27.9 Å². The molecule has 1 amide bonds. The summed E-state index contributed by atoms with van der Waals surface area (Å²) in [4.78, 5) is 15.0. The van der Waals surface area contributed by atoms with Gasteiger partial charge in [0, 0.05) is 19.2 Å². The van der Waals surface area contributed by atoms with E-state index >= 15 is 0 Å². The second kappa shape index (κ2) is 8.15. The van der Waals surface area contributed by atoms with Gasteiger partial charge in [0.1, 0.15) is 5.82 Å². The van der Waals surface area contributed by atoms with Crippen molar-refractivity contribution in [2.45, 2.75) is 24.7 Å². The number of hydrogen-bond acceptors (Lipinski definition) is 3. The zero-order chi connectivity index (χ0) is 22.2. The number of aryl methyl sites for hydroxylation is 2. The van der Waals surface area contributed by atoms with Crippen LogP contribution in [0.2, 0.25) is 0 Å². The molecule has 0 aliphatic carbocycles. The summed E-state index contributed by atoms with van der Waals surface area (Å²) in [5.41, 5.74) is 3.01. The van der Waals surface area contributed by atoms with E-state index in [4.69, 9.17) is 0 Å². The molecule has 1 heterocycles. The number of fused-ring (bicyclic) bond motifs is 1. The number of halogens is 1. The quantitative estimate of drug-likeness (QED) is 0.600. The topological polar surface area (TPSA) is 57.7 Å². The molecule has 1 aliphatic rings. The number of carbonyl (C=O) groups excluding carboxylic acids is 1. The van der Waals surface area contributed by atoms with Gasteiger partial charge in [0.15, 0.2) is 0 Å². The third-order valence-corrected chi connectivity index (χ3v) is 7.33. The van der Waals surface area contributed by atoms with Crippen LogP contribution in [0.5, 0.6) is 0 Å². The minimum absolute atomic E-state index is 0.0396. The van der Waals surface area contributed by atoms with E-state index in [2.05, 4.69) is 0 Å². The first-order valence-corrected chi connectivity index (χ1v) is 11.5. The lowest BCUT2D eigenvalue weighted by Gasteiger charge is -2.31. The van der Waals surface area contributed by atoms with E-state index in [1.54, 1.807) is 48.2 Å². The molecule has 0 aromatic heterocycles. The molecule has 3 aromatic rings. The molecule has 7 heteroatoms. The Kier molecular flexibility index (Phi) is 5.54. The third-order valence-electron chi connectivity index (χ3n) is 5.55. The fourth-order valence-electron chi connectivity index (χ4n) is 4.00. The normalized spacial score (nSPS) is 13.6. The van der Waals surface area contributed by atoms with Gasteiger partial charge in [-0.05, 0) is 73.4 Å². The van der Waals surface area contributed by atoms with Crippen molar-refractivity contribution in [3.63, 3.8) is 0 Å². The van der Waals surface area contributed by atoms with E-state index in [-0.39, 0.29) is 22.2 Å². The highest BCUT2D eigenvalue weighted by Crippen LogP contribution is 2.33. The second-order valence-corrected chi connectivity index (χ2v) is 9.60. The Hall–Kier alpha value is -3.19. The van der Waals surface area contributed by atoms with Gasteiger partial charge in [-0.25, -0.2) is 12.8 Å². The van der Waals surface area contributed by atoms with Crippen LogP contribution in [-0.2, 0) is 16.4 Å². The van der Waals surface area contributed by atoms with Crippen molar-refractivity contribution in [3.8, 4) is 0 Å². The average molecular weight is 439 g/mol. The van der Waals surface area contributed by atoms with Gasteiger partial charge >= 0.3 is 0 Å². The molecule has 5 nitrogen and oxygen atoms in total. The predicted molar refractivity (Wildman–Crippen MR) is 120 cm³/mol. The molecule has 0 bridgehead atoms. The molecular weight excluding hydrogens is 415 g/mol. The standard InChI is InChI=1S/C24H23FN2O3S/c1-17-14-20(25)15-18-9-7-13-27(23(17)18)24(28)19-8-6-12-22(16-19)31(29,30)26(2)21-10-4-3-5-11-21/h3-6,8,10-12,14-16H,7,9,13H2,1-2H3. The van der Waals surface area contributed by atoms with Gasteiger partial charge in [0.25, 0.3) is 15.9 Å². The van der Waals surface area contributed by atoms with Gasteiger partial charge in [0.2, 0.25) is 0 Å². The van der Waals surface area contributed by atoms with Crippen molar-refractivity contribution in [1.29, 1.82) is 0 Å². The maximum atomic E-state index is 13.8. The molecule has 3 aromatic carbocycles. The molecule has 1 aliphatic heterocycles. The third kappa shape index (κ3) is 3.93. The molecule has 0 saturated carbocycles. The van der Waals surface area contributed by atoms with Crippen LogP contribution in [0.25, 0.3) is 0 Å². The SMILES string of the molecule is Cc1cc(F)cc2c1N(C(=O)c1cccc(S(=O)(=O)N(C)c3ccccc3)c1)CCC2. The molecule has 0 saturated heterocycles.